The Morgan fingerprint density at radius 2 is 1.60 bits per heavy atom. The Hall–Kier alpha value is -2.91. The van der Waals surface area contributed by atoms with Gasteiger partial charge in [-0.2, -0.15) is 0 Å². The number of carboxylic acid groups (broad SMARTS) is 2. The third-order valence-electron chi connectivity index (χ3n) is 5.55. The highest BCUT2D eigenvalue weighted by atomic mass is 32.2. The number of rotatable bonds is 3. The van der Waals surface area contributed by atoms with Crippen molar-refractivity contribution < 1.29 is 19.8 Å². The van der Waals surface area contributed by atoms with Crippen LogP contribution < -0.4 is 4.90 Å². The lowest BCUT2D eigenvalue weighted by Gasteiger charge is -2.44. The summed E-state index contributed by atoms with van der Waals surface area (Å²) in [6.07, 6.45) is 0.958. The highest BCUT2D eigenvalue weighted by molar-refractivity contribution is 8.04. The van der Waals surface area contributed by atoms with Crippen LogP contribution in [0.5, 0.6) is 0 Å². The molecule has 2 aromatic carbocycles. The monoisotopic (exact) mass is 423 g/mol. The van der Waals surface area contributed by atoms with Crippen molar-refractivity contribution in [2.45, 2.75) is 57.4 Å². The van der Waals surface area contributed by atoms with Crippen LogP contribution in [0.2, 0.25) is 0 Å². The van der Waals surface area contributed by atoms with Gasteiger partial charge >= 0.3 is 11.9 Å². The van der Waals surface area contributed by atoms with Crippen LogP contribution in [0.3, 0.4) is 0 Å². The molecule has 5 nitrogen and oxygen atoms in total. The molecule has 156 valence electrons. The quantitative estimate of drug-likeness (QED) is 0.501. The van der Waals surface area contributed by atoms with E-state index >= 15 is 0 Å². The lowest BCUT2D eigenvalue weighted by atomic mass is 9.79. The molecule has 0 spiro atoms. The maximum absolute atomic E-state index is 11.3. The maximum atomic E-state index is 11.3. The Kier molecular flexibility index (Phi) is 5.87. The van der Waals surface area contributed by atoms with Crippen molar-refractivity contribution in [3.05, 3.63) is 58.1 Å². The number of anilines is 1. The van der Waals surface area contributed by atoms with Crippen LogP contribution >= 0.6 is 11.8 Å². The van der Waals surface area contributed by atoms with E-state index in [2.05, 4.69) is 62.9 Å². The van der Waals surface area contributed by atoms with Crippen molar-refractivity contribution in [1.82, 2.24) is 0 Å². The van der Waals surface area contributed by atoms with E-state index in [-0.39, 0.29) is 16.7 Å². The van der Waals surface area contributed by atoms with Gasteiger partial charge in [0.05, 0.1) is 16.8 Å². The van der Waals surface area contributed by atoms with Gasteiger partial charge in [0.25, 0.3) is 0 Å². The van der Waals surface area contributed by atoms with Crippen LogP contribution in [0.25, 0.3) is 0 Å². The first-order valence-electron chi connectivity index (χ1n) is 9.70. The molecular weight excluding hydrogens is 398 g/mol. The van der Waals surface area contributed by atoms with Gasteiger partial charge in [0, 0.05) is 16.5 Å². The molecule has 0 aromatic heterocycles. The Balaban J connectivity index is 1.98. The molecule has 0 saturated heterocycles. The maximum Gasteiger partial charge on any atom is 0.335 e. The predicted molar refractivity (Wildman–Crippen MR) is 119 cm³/mol. The highest BCUT2D eigenvalue weighted by Crippen LogP contribution is 2.44. The normalized spacial score (nSPS) is 17.0. The van der Waals surface area contributed by atoms with E-state index in [1.165, 1.54) is 28.8 Å². The molecule has 0 radical (unpaired) electrons. The summed E-state index contributed by atoms with van der Waals surface area (Å²) in [6.45, 7) is 10.8. The molecular formula is C24H25NO4S. The van der Waals surface area contributed by atoms with Crippen molar-refractivity contribution >= 4 is 29.4 Å². The number of nitrogens with zero attached hydrogens (tertiary/aromatic N) is 1. The van der Waals surface area contributed by atoms with Crippen LogP contribution in [-0.2, 0) is 0 Å². The fourth-order valence-electron chi connectivity index (χ4n) is 3.93. The minimum Gasteiger partial charge on any atom is -0.478 e. The largest absolute Gasteiger partial charge is 0.478 e. The number of carboxylic acids is 2. The van der Waals surface area contributed by atoms with Gasteiger partial charge in [-0.3, -0.25) is 4.90 Å². The summed E-state index contributed by atoms with van der Waals surface area (Å²) in [7, 11) is 0. The van der Waals surface area contributed by atoms with Gasteiger partial charge in [-0.25, -0.2) is 9.59 Å². The van der Waals surface area contributed by atoms with Crippen molar-refractivity contribution in [2.24, 2.45) is 0 Å². The van der Waals surface area contributed by atoms with Gasteiger partial charge in [-0.15, -0.1) is 0 Å². The van der Waals surface area contributed by atoms with Crippen LogP contribution in [0.4, 0.5) is 5.69 Å². The van der Waals surface area contributed by atoms with Gasteiger partial charge in [0.1, 0.15) is 0 Å². The molecule has 0 fully saturated rings. The molecule has 30 heavy (non-hydrogen) atoms. The number of hydrogen-bond donors (Lipinski definition) is 2. The topological polar surface area (TPSA) is 77.8 Å². The Labute approximate surface area is 181 Å². The minimum absolute atomic E-state index is 0.0669. The molecule has 0 bridgehead atoms. The molecule has 3 rings (SSSR count). The van der Waals surface area contributed by atoms with E-state index in [0.717, 1.165) is 29.9 Å². The SMILES string of the molecule is Cc1cc2c(cc1C)N(C#CSc1cc(C(=O)O)cc(C(=O)O)c1)C(C)(C)CC2C. The lowest BCUT2D eigenvalue weighted by molar-refractivity contribution is 0.0696. The van der Waals surface area contributed by atoms with Crippen LogP contribution in [0, 0.1) is 25.1 Å². The molecule has 0 aliphatic carbocycles. The molecule has 2 N–H and O–H groups in total. The summed E-state index contributed by atoms with van der Waals surface area (Å²) in [5.74, 6) is -1.91. The zero-order chi connectivity index (χ0) is 22.2. The average molecular weight is 424 g/mol. The second kappa shape index (κ2) is 8.08. The Morgan fingerprint density at radius 3 is 2.17 bits per heavy atom. The predicted octanol–water partition coefficient (Wildman–Crippen LogP) is 5.50. The number of aryl methyl sites for hydroxylation is 2. The third-order valence-corrected chi connectivity index (χ3v) is 6.22. The molecule has 1 heterocycles. The zero-order valence-corrected chi connectivity index (χ0v) is 18.6. The van der Waals surface area contributed by atoms with Crippen molar-refractivity contribution in [3.63, 3.8) is 0 Å². The molecule has 0 saturated carbocycles. The summed E-state index contributed by atoms with van der Waals surface area (Å²) >= 11 is 1.13. The van der Waals surface area contributed by atoms with Gasteiger partial charge < -0.3 is 10.2 Å². The summed E-state index contributed by atoms with van der Waals surface area (Å²) < 4.78 is 0. The minimum atomic E-state index is -1.17. The van der Waals surface area contributed by atoms with E-state index in [9.17, 15) is 19.8 Å². The van der Waals surface area contributed by atoms with Gasteiger partial charge in [0.2, 0.25) is 0 Å². The first kappa shape index (κ1) is 21.8. The van der Waals surface area contributed by atoms with E-state index in [0.29, 0.717) is 10.8 Å². The number of hydrogen-bond acceptors (Lipinski definition) is 4. The summed E-state index contributed by atoms with van der Waals surface area (Å²) in [4.78, 5) is 25.2. The second-order valence-corrected chi connectivity index (χ2v) is 9.30. The van der Waals surface area contributed by atoms with Crippen molar-refractivity contribution in [2.75, 3.05) is 4.90 Å². The Bertz CT molecular complexity index is 1060. The van der Waals surface area contributed by atoms with E-state index in [4.69, 9.17) is 0 Å². The number of benzene rings is 2. The molecule has 1 atom stereocenters. The van der Waals surface area contributed by atoms with Crippen LogP contribution in [0.1, 0.15) is 70.5 Å². The fraction of sp³-hybridized carbons (Fsp3) is 0.333. The smallest absolute Gasteiger partial charge is 0.335 e. The summed E-state index contributed by atoms with van der Waals surface area (Å²) in [5, 5.41) is 21.6. The van der Waals surface area contributed by atoms with Gasteiger partial charge in [-0.1, -0.05) is 13.0 Å². The molecule has 1 aliphatic heterocycles. The third kappa shape index (κ3) is 4.31. The molecule has 1 unspecified atom stereocenters. The average Bonchev–Trinajstić information content (AvgIpc) is 2.65. The van der Waals surface area contributed by atoms with E-state index in [1.807, 2.05) is 0 Å². The molecule has 1 aliphatic rings. The van der Waals surface area contributed by atoms with E-state index in [1.54, 1.807) is 0 Å². The van der Waals surface area contributed by atoms with Crippen LogP contribution in [0.15, 0.2) is 35.2 Å². The van der Waals surface area contributed by atoms with E-state index < -0.39 is 11.9 Å². The number of carbonyl (C=O) groups is 2. The number of fused-ring (bicyclic) bond motifs is 1. The number of thioether (sulfide) groups is 1. The van der Waals surface area contributed by atoms with Gasteiger partial charge in [0.15, 0.2) is 0 Å². The standard InChI is InChI=1S/C24H25NO4S/c1-14-8-20-16(3)13-24(4,5)25(21(20)9-15(14)2)6-7-30-19-11-17(22(26)27)10-18(12-19)23(28)29/h8-12,16H,13H2,1-5H3,(H,26,27)(H,28,29). The summed E-state index contributed by atoms with van der Waals surface area (Å²) in [5.41, 5.74) is 4.54. The Morgan fingerprint density at radius 1 is 1.03 bits per heavy atom. The zero-order valence-electron chi connectivity index (χ0n) is 17.7. The first-order valence-corrected chi connectivity index (χ1v) is 10.5. The van der Waals surface area contributed by atoms with Gasteiger partial charge in [-0.05, 0) is 98.0 Å². The lowest BCUT2D eigenvalue weighted by Crippen LogP contribution is -2.45. The fourth-order valence-corrected chi connectivity index (χ4v) is 4.56. The highest BCUT2D eigenvalue weighted by Gasteiger charge is 2.36. The molecule has 6 heteroatoms. The van der Waals surface area contributed by atoms with Crippen molar-refractivity contribution in [3.8, 4) is 11.3 Å². The first-order chi connectivity index (χ1) is 14.0. The molecule has 2 aromatic rings. The second-order valence-electron chi connectivity index (χ2n) is 8.42. The molecule has 0 amide bonds. The number of aromatic carboxylic acids is 2. The van der Waals surface area contributed by atoms with Crippen molar-refractivity contribution in [1.29, 1.82) is 0 Å². The van der Waals surface area contributed by atoms with Crippen LogP contribution in [-0.4, -0.2) is 27.7 Å². The summed E-state index contributed by atoms with van der Waals surface area (Å²) in [6, 6.07) is 11.7.